The Morgan fingerprint density at radius 3 is 2.73 bits per heavy atom. The van der Waals surface area contributed by atoms with Gasteiger partial charge in [-0.05, 0) is 37.5 Å². The van der Waals surface area contributed by atoms with E-state index in [1.165, 1.54) is 11.1 Å². The lowest BCUT2D eigenvalue weighted by Gasteiger charge is -2.49. The van der Waals surface area contributed by atoms with Gasteiger partial charge in [0.15, 0.2) is 0 Å². The van der Waals surface area contributed by atoms with Gasteiger partial charge in [-0.25, -0.2) is 0 Å². The average Bonchev–Trinajstić information content (AvgIpc) is 2.84. The van der Waals surface area contributed by atoms with Crippen LogP contribution < -0.4 is 4.74 Å². The number of hydrogen-bond acceptors (Lipinski definition) is 3. The third-order valence-electron chi connectivity index (χ3n) is 5.07. The number of aryl methyl sites for hydroxylation is 2. The summed E-state index contributed by atoms with van der Waals surface area (Å²) in [5.41, 5.74) is 3.69. The fourth-order valence-electron chi connectivity index (χ4n) is 3.43. The number of rotatable bonds is 4. The molecule has 0 aromatic heterocycles. The van der Waals surface area contributed by atoms with Gasteiger partial charge >= 0.3 is 0 Å². The molecule has 1 saturated heterocycles. The second kappa shape index (κ2) is 5.58. The standard InChI is InChI=1S/C18H25NO3/c1-12-7-14-15(9-22-16(14)8-13(12)2)17(20)19-10-18(3,11-19)5-6-21-4/h7-8,15H,5-6,9-11H2,1-4H3. The van der Waals surface area contributed by atoms with Crippen LogP contribution in [-0.4, -0.2) is 44.2 Å². The Kier molecular flexibility index (Phi) is 3.89. The summed E-state index contributed by atoms with van der Waals surface area (Å²) in [6.07, 6.45) is 1.00. The van der Waals surface area contributed by atoms with Crippen molar-refractivity contribution in [1.82, 2.24) is 4.90 Å². The summed E-state index contributed by atoms with van der Waals surface area (Å²) in [6.45, 7) is 9.26. The van der Waals surface area contributed by atoms with Crippen LogP contribution in [0.5, 0.6) is 5.75 Å². The molecule has 1 unspecified atom stereocenters. The van der Waals surface area contributed by atoms with Crippen LogP contribution in [0.15, 0.2) is 12.1 Å². The minimum atomic E-state index is -0.138. The van der Waals surface area contributed by atoms with E-state index in [1.807, 2.05) is 4.90 Å². The number of carbonyl (C=O) groups excluding carboxylic acids is 1. The molecule has 1 aromatic rings. The van der Waals surface area contributed by atoms with Crippen molar-refractivity contribution in [2.45, 2.75) is 33.1 Å². The van der Waals surface area contributed by atoms with E-state index in [2.05, 4.69) is 32.9 Å². The second-order valence-electron chi connectivity index (χ2n) is 7.09. The molecule has 0 bridgehead atoms. The molecule has 1 aromatic carbocycles. The van der Waals surface area contributed by atoms with Gasteiger partial charge in [0, 0.05) is 37.8 Å². The lowest BCUT2D eigenvalue weighted by Crippen LogP contribution is -2.58. The van der Waals surface area contributed by atoms with Crippen molar-refractivity contribution in [3.05, 3.63) is 28.8 Å². The van der Waals surface area contributed by atoms with Crippen LogP contribution in [0.4, 0.5) is 0 Å². The maximum Gasteiger partial charge on any atom is 0.233 e. The van der Waals surface area contributed by atoms with E-state index in [-0.39, 0.29) is 17.2 Å². The Morgan fingerprint density at radius 1 is 1.36 bits per heavy atom. The highest BCUT2D eigenvalue weighted by Gasteiger charge is 2.44. The minimum absolute atomic E-state index is 0.138. The molecule has 2 aliphatic heterocycles. The molecule has 0 aliphatic carbocycles. The molecule has 3 rings (SSSR count). The Labute approximate surface area is 132 Å². The summed E-state index contributed by atoms with van der Waals surface area (Å²) in [5, 5.41) is 0. The molecule has 4 nitrogen and oxygen atoms in total. The van der Waals surface area contributed by atoms with Crippen LogP contribution in [0.3, 0.4) is 0 Å². The van der Waals surface area contributed by atoms with Gasteiger partial charge in [0.05, 0.1) is 0 Å². The summed E-state index contributed by atoms with van der Waals surface area (Å²) >= 11 is 0. The summed E-state index contributed by atoms with van der Waals surface area (Å²) < 4.78 is 10.9. The molecule has 0 spiro atoms. The third-order valence-corrected chi connectivity index (χ3v) is 5.07. The molecule has 1 atom stereocenters. The molecular weight excluding hydrogens is 278 g/mol. The molecule has 4 heteroatoms. The van der Waals surface area contributed by atoms with Gasteiger partial charge in [0.1, 0.15) is 18.3 Å². The van der Waals surface area contributed by atoms with E-state index in [1.54, 1.807) is 7.11 Å². The number of nitrogens with zero attached hydrogens (tertiary/aromatic N) is 1. The Hall–Kier alpha value is -1.55. The number of fused-ring (bicyclic) bond motifs is 1. The molecule has 1 fully saturated rings. The molecule has 22 heavy (non-hydrogen) atoms. The predicted octanol–water partition coefficient (Wildman–Crippen LogP) is 2.66. The van der Waals surface area contributed by atoms with Gasteiger partial charge in [-0.1, -0.05) is 13.0 Å². The molecule has 2 aliphatic rings. The maximum atomic E-state index is 12.8. The Bertz CT molecular complexity index is 590. The van der Waals surface area contributed by atoms with Crippen molar-refractivity contribution in [3.63, 3.8) is 0 Å². The topological polar surface area (TPSA) is 38.8 Å². The summed E-state index contributed by atoms with van der Waals surface area (Å²) in [4.78, 5) is 14.7. The van der Waals surface area contributed by atoms with Gasteiger partial charge in [-0.2, -0.15) is 0 Å². The zero-order valence-electron chi connectivity index (χ0n) is 13.9. The van der Waals surface area contributed by atoms with E-state index < -0.39 is 0 Å². The van der Waals surface area contributed by atoms with Crippen LogP contribution in [0.2, 0.25) is 0 Å². The number of hydrogen-bond donors (Lipinski definition) is 0. The lowest BCUT2D eigenvalue weighted by atomic mass is 9.78. The van der Waals surface area contributed by atoms with Crippen molar-refractivity contribution >= 4 is 5.91 Å². The van der Waals surface area contributed by atoms with Crippen LogP contribution in [0, 0.1) is 19.3 Å². The first-order valence-corrected chi connectivity index (χ1v) is 7.95. The fourth-order valence-corrected chi connectivity index (χ4v) is 3.43. The first kappa shape index (κ1) is 15.3. The van der Waals surface area contributed by atoms with Crippen LogP contribution in [-0.2, 0) is 9.53 Å². The second-order valence-corrected chi connectivity index (χ2v) is 7.09. The minimum Gasteiger partial charge on any atom is -0.492 e. The summed E-state index contributed by atoms with van der Waals surface area (Å²) in [6, 6.07) is 4.17. The van der Waals surface area contributed by atoms with Crippen molar-refractivity contribution in [2.75, 3.05) is 33.4 Å². The van der Waals surface area contributed by atoms with E-state index in [0.29, 0.717) is 6.61 Å². The van der Waals surface area contributed by atoms with Crippen LogP contribution in [0.1, 0.15) is 36.0 Å². The normalized spacial score (nSPS) is 22.0. The monoisotopic (exact) mass is 303 g/mol. The third kappa shape index (κ3) is 2.60. The van der Waals surface area contributed by atoms with Gasteiger partial charge < -0.3 is 14.4 Å². The van der Waals surface area contributed by atoms with Crippen molar-refractivity contribution in [2.24, 2.45) is 5.41 Å². The predicted molar refractivity (Wildman–Crippen MR) is 85.3 cm³/mol. The first-order valence-electron chi connectivity index (χ1n) is 7.95. The SMILES string of the molecule is COCCC1(C)CN(C(=O)C2COc3cc(C)c(C)cc32)C1. The molecule has 0 N–H and O–H groups in total. The zero-order chi connectivity index (χ0) is 15.9. The average molecular weight is 303 g/mol. The molecule has 1 amide bonds. The Morgan fingerprint density at radius 2 is 2.05 bits per heavy atom. The molecule has 120 valence electrons. The van der Waals surface area contributed by atoms with E-state index in [4.69, 9.17) is 9.47 Å². The highest BCUT2D eigenvalue weighted by molar-refractivity contribution is 5.86. The fraction of sp³-hybridized carbons (Fsp3) is 0.611. The number of benzene rings is 1. The summed E-state index contributed by atoms with van der Waals surface area (Å²) in [5.74, 6) is 0.947. The largest absolute Gasteiger partial charge is 0.492 e. The first-order chi connectivity index (χ1) is 10.4. The quantitative estimate of drug-likeness (QED) is 0.858. The number of amides is 1. The number of likely N-dealkylation sites (tertiary alicyclic amines) is 1. The van der Waals surface area contributed by atoms with Crippen molar-refractivity contribution < 1.29 is 14.3 Å². The van der Waals surface area contributed by atoms with E-state index in [0.717, 1.165) is 37.4 Å². The van der Waals surface area contributed by atoms with Gasteiger partial charge in [0.2, 0.25) is 5.91 Å². The molecule has 0 saturated carbocycles. The highest BCUT2D eigenvalue weighted by atomic mass is 16.5. The van der Waals surface area contributed by atoms with Crippen molar-refractivity contribution in [3.8, 4) is 5.75 Å². The maximum absolute atomic E-state index is 12.8. The number of methoxy groups -OCH3 is 1. The Balaban J connectivity index is 1.68. The zero-order valence-corrected chi connectivity index (χ0v) is 13.9. The van der Waals surface area contributed by atoms with E-state index >= 15 is 0 Å². The smallest absolute Gasteiger partial charge is 0.233 e. The molecule has 2 heterocycles. The lowest BCUT2D eigenvalue weighted by molar-refractivity contribution is -0.145. The van der Waals surface area contributed by atoms with Gasteiger partial charge in [0.25, 0.3) is 0 Å². The van der Waals surface area contributed by atoms with Crippen LogP contribution in [0.25, 0.3) is 0 Å². The van der Waals surface area contributed by atoms with E-state index in [9.17, 15) is 4.79 Å². The van der Waals surface area contributed by atoms with Crippen molar-refractivity contribution in [1.29, 1.82) is 0 Å². The number of carbonyl (C=O) groups is 1. The van der Waals surface area contributed by atoms with Gasteiger partial charge in [-0.3, -0.25) is 4.79 Å². The van der Waals surface area contributed by atoms with Crippen LogP contribution >= 0.6 is 0 Å². The highest BCUT2D eigenvalue weighted by Crippen LogP contribution is 2.40. The van der Waals surface area contributed by atoms with Gasteiger partial charge in [-0.15, -0.1) is 0 Å². The molecule has 0 radical (unpaired) electrons. The molecular formula is C18H25NO3. The number of ether oxygens (including phenoxy) is 2. The summed E-state index contributed by atoms with van der Waals surface area (Å²) in [7, 11) is 1.72.